The van der Waals surface area contributed by atoms with Crippen molar-refractivity contribution in [1.29, 1.82) is 0 Å². The van der Waals surface area contributed by atoms with Gasteiger partial charge in [0.05, 0.1) is 0 Å². The monoisotopic (exact) mass is 202 g/mol. The fraction of sp³-hybridized carbons (Fsp3) is 0.455. The van der Waals surface area contributed by atoms with Crippen molar-refractivity contribution >= 4 is 11.4 Å². The van der Waals surface area contributed by atoms with Gasteiger partial charge in [0.25, 0.3) is 0 Å². The molecular formula is C11H14N4. The third-order valence-electron chi connectivity index (χ3n) is 2.80. The van der Waals surface area contributed by atoms with E-state index in [0.717, 1.165) is 24.3 Å². The molecule has 0 bridgehead atoms. The molecule has 4 nitrogen and oxygen atoms in total. The largest absolute Gasteiger partial charge is 0.372 e. The van der Waals surface area contributed by atoms with E-state index in [9.17, 15) is 0 Å². The summed E-state index contributed by atoms with van der Waals surface area (Å²) in [6.07, 6.45) is 2.55. The zero-order valence-electron chi connectivity index (χ0n) is 8.85. The molecule has 0 spiro atoms. The molecule has 0 unspecified atom stereocenters. The smallest absolute Gasteiger partial charge is 0.0406 e. The van der Waals surface area contributed by atoms with Crippen LogP contribution in [0.25, 0.3) is 10.4 Å². The lowest BCUT2D eigenvalue weighted by Crippen LogP contribution is -2.17. The van der Waals surface area contributed by atoms with E-state index in [4.69, 9.17) is 5.53 Å². The van der Waals surface area contributed by atoms with Crippen LogP contribution in [0.1, 0.15) is 18.4 Å². The third kappa shape index (κ3) is 2.05. The summed E-state index contributed by atoms with van der Waals surface area (Å²) in [5, 5.41) is 3.64. The van der Waals surface area contributed by atoms with Gasteiger partial charge in [-0.1, -0.05) is 11.2 Å². The van der Waals surface area contributed by atoms with Crippen LogP contribution in [0.3, 0.4) is 0 Å². The molecule has 1 heterocycles. The first-order valence-electron chi connectivity index (χ1n) is 5.22. The zero-order chi connectivity index (χ0) is 10.7. The fourth-order valence-corrected chi connectivity index (χ4v) is 1.97. The maximum atomic E-state index is 8.37. The highest BCUT2D eigenvalue weighted by Crippen LogP contribution is 2.26. The number of anilines is 1. The summed E-state index contributed by atoms with van der Waals surface area (Å²) in [6, 6.07) is 6.01. The van der Waals surface area contributed by atoms with E-state index in [0.29, 0.717) is 0 Å². The molecule has 0 saturated carbocycles. The van der Waals surface area contributed by atoms with E-state index in [1.807, 2.05) is 19.1 Å². The van der Waals surface area contributed by atoms with Crippen molar-refractivity contribution in [2.75, 3.05) is 18.0 Å². The van der Waals surface area contributed by atoms with Gasteiger partial charge < -0.3 is 4.90 Å². The first-order valence-corrected chi connectivity index (χ1v) is 5.22. The minimum absolute atomic E-state index is 0.723. The van der Waals surface area contributed by atoms with Crippen molar-refractivity contribution < 1.29 is 0 Å². The molecule has 15 heavy (non-hydrogen) atoms. The number of aryl methyl sites for hydroxylation is 1. The molecule has 0 aromatic heterocycles. The predicted octanol–water partition coefficient (Wildman–Crippen LogP) is 3.54. The Morgan fingerprint density at radius 1 is 1.33 bits per heavy atom. The van der Waals surface area contributed by atoms with Crippen LogP contribution in [-0.4, -0.2) is 13.1 Å². The molecule has 1 aliphatic heterocycles. The van der Waals surface area contributed by atoms with Crippen molar-refractivity contribution in [2.45, 2.75) is 19.8 Å². The van der Waals surface area contributed by atoms with Crippen LogP contribution in [-0.2, 0) is 0 Å². The van der Waals surface area contributed by atoms with E-state index in [2.05, 4.69) is 21.0 Å². The molecule has 4 heteroatoms. The van der Waals surface area contributed by atoms with Crippen LogP contribution < -0.4 is 4.90 Å². The molecule has 2 rings (SSSR count). The minimum atomic E-state index is 0.723. The van der Waals surface area contributed by atoms with E-state index in [-0.39, 0.29) is 0 Å². The van der Waals surface area contributed by atoms with Gasteiger partial charge in [0.1, 0.15) is 0 Å². The van der Waals surface area contributed by atoms with Crippen LogP contribution in [0.5, 0.6) is 0 Å². The van der Waals surface area contributed by atoms with Gasteiger partial charge in [-0.15, -0.1) is 0 Å². The maximum Gasteiger partial charge on any atom is 0.0406 e. The quantitative estimate of drug-likeness (QED) is 0.411. The van der Waals surface area contributed by atoms with Gasteiger partial charge in [0, 0.05) is 29.4 Å². The second-order valence-corrected chi connectivity index (χ2v) is 3.85. The molecule has 0 amide bonds. The molecule has 0 N–H and O–H groups in total. The highest BCUT2D eigenvalue weighted by atomic mass is 15.1. The van der Waals surface area contributed by atoms with Crippen molar-refractivity contribution in [3.05, 3.63) is 34.2 Å². The van der Waals surface area contributed by atoms with Crippen LogP contribution in [0, 0.1) is 6.92 Å². The number of hydrogen-bond acceptors (Lipinski definition) is 2. The number of hydrogen-bond donors (Lipinski definition) is 0. The summed E-state index contributed by atoms with van der Waals surface area (Å²) in [7, 11) is 0. The summed E-state index contributed by atoms with van der Waals surface area (Å²) in [5.74, 6) is 0. The molecule has 1 fully saturated rings. The molecule has 1 aromatic carbocycles. The van der Waals surface area contributed by atoms with Gasteiger partial charge in [-0.3, -0.25) is 0 Å². The third-order valence-corrected chi connectivity index (χ3v) is 2.80. The van der Waals surface area contributed by atoms with Crippen molar-refractivity contribution in [1.82, 2.24) is 0 Å². The van der Waals surface area contributed by atoms with Gasteiger partial charge in [-0.2, -0.15) is 0 Å². The molecule has 1 saturated heterocycles. The lowest BCUT2D eigenvalue weighted by atomic mass is 10.2. The molecule has 0 aliphatic carbocycles. The fourth-order valence-electron chi connectivity index (χ4n) is 1.97. The first kappa shape index (κ1) is 9.87. The minimum Gasteiger partial charge on any atom is -0.372 e. The maximum absolute atomic E-state index is 8.37. The Labute approximate surface area is 89.1 Å². The Kier molecular flexibility index (Phi) is 2.79. The van der Waals surface area contributed by atoms with E-state index in [1.54, 1.807) is 0 Å². The highest BCUT2D eigenvalue weighted by molar-refractivity contribution is 5.57. The van der Waals surface area contributed by atoms with Crippen molar-refractivity contribution in [3.63, 3.8) is 0 Å². The molecule has 1 aromatic rings. The Balaban J connectivity index is 2.28. The Hall–Kier alpha value is -1.67. The van der Waals surface area contributed by atoms with Crippen LogP contribution in [0.15, 0.2) is 23.3 Å². The standard InChI is InChI=1S/C11H14N4/c1-9-8-10(15-6-2-3-7-15)4-5-11(9)13-14-12/h4-5,8H,2-3,6-7H2,1H3. The number of benzene rings is 1. The number of azide groups is 1. The second-order valence-electron chi connectivity index (χ2n) is 3.85. The summed E-state index contributed by atoms with van der Waals surface area (Å²) < 4.78 is 0. The summed E-state index contributed by atoms with van der Waals surface area (Å²) in [5.41, 5.74) is 11.4. The molecule has 0 radical (unpaired) electrons. The van der Waals surface area contributed by atoms with Crippen molar-refractivity contribution in [3.8, 4) is 0 Å². The Morgan fingerprint density at radius 2 is 2.07 bits per heavy atom. The summed E-state index contributed by atoms with van der Waals surface area (Å²) in [6.45, 7) is 4.25. The van der Waals surface area contributed by atoms with Gasteiger partial charge in [-0.05, 0) is 43.0 Å². The lowest BCUT2D eigenvalue weighted by molar-refractivity contribution is 0.949. The SMILES string of the molecule is Cc1cc(N2CCCC2)ccc1N=[N+]=[N-]. The number of nitrogens with zero attached hydrogens (tertiary/aromatic N) is 4. The second kappa shape index (κ2) is 4.24. The summed E-state index contributed by atoms with van der Waals surface area (Å²) in [4.78, 5) is 5.17. The van der Waals surface area contributed by atoms with Gasteiger partial charge >= 0.3 is 0 Å². The van der Waals surface area contributed by atoms with Gasteiger partial charge in [0.2, 0.25) is 0 Å². The van der Waals surface area contributed by atoms with E-state index < -0.39 is 0 Å². The first-order chi connectivity index (χ1) is 7.31. The zero-order valence-corrected chi connectivity index (χ0v) is 8.85. The van der Waals surface area contributed by atoms with Crippen LogP contribution in [0.2, 0.25) is 0 Å². The lowest BCUT2D eigenvalue weighted by Gasteiger charge is -2.18. The average Bonchev–Trinajstić information content (AvgIpc) is 2.74. The van der Waals surface area contributed by atoms with E-state index in [1.165, 1.54) is 18.5 Å². The van der Waals surface area contributed by atoms with Crippen LogP contribution in [0.4, 0.5) is 11.4 Å². The van der Waals surface area contributed by atoms with Gasteiger partial charge in [0.15, 0.2) is 0 Å². The Morgan fingerprint density at radius 3 is 2.67 bits per heavy atom. The topological polar surface area (TPSA) is 52.0 Å². The molecule has 0 atom stereocenters. The van der Waals surface area contributed by atoms with Crippen LogP contribution >= 0.6 is 0 Å². The average molecular weight is 202 g/mol. The summed E-state index contributed by atoms with van der Waals surface area (Å²) >= 11 is 0. The molecule has 1 aliphatic rings. The Bertz CT molecular complexity index is 401. The highest BCUT2D eigenvalue weighted by Gasteiger charge is 2.12. The van der Waals surface area contributed by atoms with Crippen molar-refractivity contribution in [2.24, 2.45) is 5.11 Å². The molecular weight excluding hydrogens is 188 g/mol. The normalized spacial score (nSPS) is 15.1. The number of rotatable bonds is 2. The van der Waals surface area contributed by atoms with Gasteiger partial charge in [-0.25, -0.2) is 0 Å². The molecule has 78 valence electrons. The predicted molar refractivity (Wildman–Crippen MR) is 61.4 cm³/mol. The van der Waals surface area contributed by atoms with E-state index >= 15 is 0 Å².